The van der Waals surface area contributed by atoms with E-state index in [9.17, 15) is 17.6 Å². The third-order valence-electron chi connectivity index (χ3n) is 16.7. The van der Waals surface area contributed by atoms with Crippen LogP contribution in [0.3, 0.4) is 0 Å². The minimum Gasteiger partial charge on any atom is -0.492 e. The highest BCUT2D eigenvalue weighted by Gasteiger charge is 2.26. The lowest BCUT2D eigenvalue weighted by atomic mass is 9.77. The molecule has 0 aromatic heterocycles. The van der Waals surface area contributed by atoms with Crippen molar-refractivity contribution in [3.05, 3.63) is 159 Å². The number of benzene rings is 6. The van der Waals surface area contributed by atoms with Crippen molar-refractivity contribution in [3.8, 4) is 50.6 Å². The van der Waals surface area contributed by atoms with Gasteiger partial charge in [0.2, 0.25) is 5.82 Å². The van der Waals surface area contributed by atoms with Gasteiger partial charge in [0.05, 0.1) is 32.5 Å². The Balaban J connectivity index is 0.000000174. The number of ether oxygens (including phenoxy) is 4. The monoisotopic (exact) mass is 1140 g/mol. The maximum absolute atomic E-state index is 14.7. The largest absolute Gasteiger partial charge is 0.492 e. The Bertz CT molecular complexity index is 2670. The molecular formula is C70H86Cl2F4O4. The van der Waals surface area contributed by atoms with Crippen molar-refractivity contribution in [2.75, 3.05) is 26.4 Å². The lowest BCUT2D eigenvalue weighted by Crippen LogP contribution is -2.20. The zero-order chi connectivity index (χ0) is 57.0. The Hall–Kier alpha value is -5.02. The minimum absolute atomic E-state index is 0.0531. The molecule has 2 saturated carbocycles. The third kappa shape index (κ3) is 16.8. The molecule has 9 rings (SSSR count). The van der Waals surface area contributed by atoms with Gasteiger partial charge in [0, 0.05) is 16.7 Å². The van der Waals surface area contributed by atoms with Gasteiger partial charge in [0.25, 0.3) is 0 Å². The topological polar surface area (TPSA) is 36.9 Å². The first kappa shape index (κ1) is 62.6. The van der Waals surface area contributed by atoms with Crippen molar-refractivity contribution in [3.63, 3.8) is 0 Å². The van der Waals surface area contributed by atoms with E-state index in [1.807, 2.05) is 62.4 Å². The van der Waals surface area contributed by atoms with Crippen molar-refractivity contribution >= 4 is 23.2 Å². The normalized spacial score (nSPS) is 19.9. The number of rotatable bonds is 20. The van der Waals surface area contributed by atoms with Gasteiger partial charge in [-0.25, -0.2) is 13.2 Å². The smallest absolute Gasteiger partial charge is 0.201 e. The lowest BCUT2D eigenvalue weighted by Gasteiger charge is -2.29. The quantitative estimate of drug-likeness (QED) is 0.0564. The second-order valence-corrected chi connectivity index (χ2v) is 22.9. The highest BCUT2D eigenvalue weighted by Crippen LogP contribution is 2.42. The summed E-state index contributed by atoms with van der Waals surface area (Å²) in [5, 5.41) is 0.118. The molecule has 6 aromatic rings. The third-order valence-corrected chi connectivity index (χ3v) is 17.4. The fraction of sp³-hybridized carbons (Fsp3) is 0.486. The summed E-state index contributed by atoms with van der Waals surface area (Å²) in [4.78, 5) is 0. The lowest BCUT2D eigenvalue weighted by molar-refractivity contribution is -0.0194. The molecular weight excluding hydrogens is 1050 g/mol. The highest BCUT2D eigenvalue weighted by atomic mass is 35.5. The van der Waals surface area contributed by atoms with E-state index in [1.165, 1.54) is 126 Å². The van der Waals surface area contributed by atoms with Gasteiger partial charge in [-0.1, -0.05) is 162 Å². The summed E-state index contributed by atoms with van der Waals surface area (Å²) in [7, 11) is 0. The fourth-order valence-electron chi connectivity index (χ4n) is 12.2. The summed E-state index contributed by atoms with van der Waals surface area (Å²) in [5.74, 6) is 1.89. The van der Waals surface area contributed by atoms with Crippen LogP contribution < -0.4 is 14.2 Å². The number of hydrogen-bond acceptors (Lipinski definition) is 4. The van der Waals surface area contributed by atoms with E-state index < -0.39 is 23.3 Å². The van der Waals surface area contributed by atoms with Gasteiger partial charge in [-0.05, 0) is 191 Å². The Morgan fingerprint density at radius 2 is 0.775 bits per heavy atom. The molecule has 80 heavy (non-hydrogen) atoms. The molecule has 0 bridgehead atoms. The first-order valence-electron chi connectivity index (χ1n) is 30.2. The summed E-state index contributed by atoms with van der Waals surface area (Å²) in [5.41, 5.74) is 7.51. The summed E-state index contributed by atoms with van der Waals surface area (Å²) < 4.78 is 79.6. The van der Waals surface area contributed by atoms with Crippen LogP contribution in [0.5, 0.6) is 17.2 Å². The van der Waals surface area contributed by atoms with E-state index in [-0.39, 0.29) is 27.5 Å². The van der Waals surface area contributed by atoms with Crippen molar-refractivity contribution in [2.45, 2.75) is 175 Å². The van der Waals surface area contributed by atoms with E-state index in [0.29, 0.717) is 65.8 Å². The van der Waals surface area contributed by atoms with Crippen LogP contribution in [0, 0.1) is 41.0 Å². The molecule has 1 heterocycles. The summed E-state index contributed by atoms with van der Waals surface area (Å²) in [6.07, 6.45) is 23.3. The van der Waals surface area contributed by atoms with Crippen molar-refractivity contribution in [1.29, 1.82) is 0 Å². The van der Waals surface area contributed by atoms with Crippen LogP contribution in [0.2, 0.25) is 10.0 Å². The molecule has 6 aromatic carbocycles. The molecule has 0 amide bonds. The molecule has 0 N–H and O–H groups in total. The zero-order valence-corrected chi connectivity index (χ0v) is 49.8. The highest BCUT2D eigenvalue weighted by molar-refractivity contribution is 6.32. The Labute approximate surface area is 486 Å². The standard InChI is InChI=1S/C25H32ClFO.C23H28ClFO.C22H26F2O2/c1-3-5-6-7-18-8-10-19(11-9-18)20-12-14-21(15-13-20)22-16-17-23(28-4-2)24(26)25(22)27;1-3-5-16-6-8-17(9-7-16)18-10-12-19(13-11-18)20-14-15-21(26-4-2)22(24)23(20)25;1-3-5-15-6-12-19(26-14-15)17-9-7-16(8-10-17)18-11-13-20(25-4-2)22(24)21(18)23/h12-19H,3-11H2,1-2H3;10-17H,3-9H2,1-2H3;7-11,13,15,19H,3-6,12,14H2,1-2H3. The van der Waals surface area contributed by atoms with E-state index >= 15 is 0 Å². The van der Waals surface area contributed by atoms with E-state index in [0.717, 1.165) is 41.6 Å². The van der Waals surface area contributed by atoms with E-state index in [2.05, 4.69) is 45.0 Å². The first-order chi connectivity index (χ1) is 38.9. The first-order valence-corrected chi connectivity index (χ1v) is 30.9. The van der Waals surface area contributed by atoms with E-state index in [4.69, 9.17) is 42.1 Å². The Kier molecular flexibility index (Phi) is 25.0. The minimum atomic E-state index is -0.939. The van der Waals surface area contributed by atoms with Crippen LogP contribution in [0.15, 0.2) is 109 Å². The molecule has 0 spiro atoms. The van der Waals surface area contributed by atoms with Crippen LogP contribution in [-0.2, 0) is 4.74 Å². The summed E-state index contributed by atoms with van der Waals surface area (Å²) in [6.45, 7) is 14.2. The van der Waals surface area contributed by atoms with Gasteiger partial charge >= 0.3 is 0 Å². The molecule has 3 fully saturated rings. The maximum atomic E-state index is 14.7. The van der Waals surface area contributed by atoms with Gasteiger partial charge in [-0.15, -0.1) is 0 Å². The van der Waals surface area contributed by atoms with Crippen LogP contribution in [0.4, 0.5) is 17.6 Å². The molecule has 1 aliphatic heterocycles. The van der Waals surface area contributed by atoms with Crippen molar-refractivity contribution in [1.82, 2.24) is 0 Å². The number of hydrogen-bond donors (Lipinski definition) is 0. The predicted molar refractivity (Wildman–Crippen MR) is 324 cm³/mol. The second kappa shape index (κ2) is 32.0. The van der Waals surface area contributed by atoms with Crippen molar-refractivity contribution < 1.29 is 36.5 Å². The van der Waals surface area contributed by atoms with Gasteiger partial charge in [0.15, 0.2) is 23.2 Å². The second-order valence-electron chi connectivity index (χ2n) is 22.2. The Morgan fingerprint density at radius 1 is 0.388 bits per heavy atom. The molecule has 432 valence electrons. The van der Waals surface area contributed by atoms with Gasteiger partial charge in [-0.3, -0.25) is 0 Å². The summed E-state index contributed by atoms with van der Waals surface area (Å²) in [6, 6.07) is 34.3. The van der Waals surface area contributed by atoms with Crippen LogP contribution >= 0.6 is 23.2 Å². The van der Waals surface area contributed by atoms with Gasteiger partial charge < -0.3 is 18.9 Å². The molecule has 4 nitrogen and oxygen atoms in total. The van der Waals surface area contributed by atoms with Crippen molar-refractivity contribution in [2.24, 2.45) is 17.8 Å². The molecule has 1 saturated heterocycles. The number of unbranched alkanes of at least 4 members (excludes halogenated alkanes) is 2. The molecule has 2 aliphatic carbocycles. The van der Waals surface area contributed by atoms with E-state index in [1.54, 1.807) is 37.3 Å². The fourth-order valence-corrected chi connectivity index (χ4v) is 12.6. The molecule has 10 heteroatoms. The number of halogens is 6. The average molecular weight is 1140 g/mol. The Morgan fingerprint density at radius 3 is 1.19 bits per heavy atom. The molecule has 0 radical (unpaired) electrons. The van der Waals surface area contributed by atoms with Crippen LogP contribution in [-0.4, -0.2) is 26.4 Å². The molecule has 2 unspecified atom stereocenters. The predicted octanol–water partition coefficient (Wildman–Crippen LogP) is 22.3. The maximum Gasteiger partial charge on any atom is 0.201 e. The average Bonchev–Trinajstić information content (AvgIpc) is 3.52. The van der Waals surface area contributed by atoms with Gasteiger partial charge in [0.1, 0.15) is 21.5 Å². The van der Waals surface area contributed by atoms with Crippen LogP contribution in [0.25, 0.3) is 33.4 Å². The molecule has 3 aliphatic rings. The summed E-state index contributed by atoms with van der Waals surface area (Å²) >= 11 is 12.3. The van der Waals surface area contributed by atoms with Gasteiger partial charge in [-0.2, -0.15) is 4.39 Å². The molecule has 2 atom stereocenters. The SMILES string of the molecule is CCCC1CCC(c2ccc(-c3ccc(OCC)c(Cl)c3F)cc2)CC1.CCCC1CCC(c2ccc(-c3ccc(OCC)c(F)c3F)cc2)OC1.CCCCCC1CCC(c2ccc(-c3ccc(OCC)c(Cl)c3F)cc2)CC1. The zero-order valence-electron chi connectivity index (χ0n) is 48.3. The van der Waals surface area contributed by atoms with Crippen LogP contribution in [0.1, 0.15) is 192 Å².